The molecule has 0 fully saturated rings. The molecule has 0 aliphatic heterocycles. The van der Waals surface area contributed by atoms with Gasteiger partial charge in [-0.3, -0.25) is 14.7 Å². The topological polar surface area (TPSA) is 73.2 Å². The van der Waals surface area contributed by atoms with E-state index >= 15 is 0 Å². The second kappa shape index (κ2) is 4.61. The molecule has 0 atom stereocenters. The van der Waals surface area contributed by atoms with Crippen LogP contribution in [0.2, 0.25) is 0 Å². The Morgan fingerprint density at radius 1 is 1.13 bits per heavy atom. The Kier molecular flexibility index (Phi) is 2.68. The summed E-state index contributed by atoms with van der Waals surface area (Å²) in [6, 6.07) is 12.5. The SMILES string of the molecule is Cn1ccc2cc(-n3cc4cccc([N+](=O)[O-])c4c3O)ccc21. The molecule has 0 saturated carbocycles. The van der Waals surface area contributed by atoms with Crippen molar-refractivity contribution >= 4 is 27.4 Å². The van der Waals surface area contributed by atoms with Crippen LogP contribution in [0.5, 0.6) is 5.88 Å². The van der Waals surface area contributed by atoms with Crippen molar-refractivity contribution < 1.29 is 10.0 Å². The van der Waals surface area contributed by atoms with Gasteiger partial charge in [0.25, 0.3) is 5.69 Å². The molecule has 2 aromatic carbocycles. The third-order valence-electron chi connectivity index (χ3n) is 4.14. The van der Waals surface area contributed by atoms with Crippen LogP contribution in [0.1, 0.15) is 0 Å². The monoisotopic (exact) mass is 307 g/mol. The van der Waals surface area contributed by atoms with Gasteiger partial charge in [-0.05, 0) is 24.3 Å². The van der Waals surface area contributed by atoms with Gasteiger partial charge < -0.3 is 9.67 Å². The summed E-state index contributed by atoms with van der Waals surface area (Å²) in [5.41, 5.74) is 1.74. The molecule has 2 aromatic heterocycles. The summed E-state index contributed by atoms with van der Waals surface area (Å²) < 4.78 is 3.58. The number of nitro benzene ring substituents is 1. The fraction of sp³-hybridized carbons (Fsp3) is 0.0588. The number of benzene rings is 2. The maximum Gasteiger partial charge on any atom is 0.282 e. The normalized spacial score (nSPS) is 11.3. The molecule has 0 aliphatic rings. The minimum absolute atomic E-state index is 0.0976. The number of rotatable bonds is 2. The van der Waals surface area contributed by atoms with Crippen LogP contribution in [0.15, 0.2) is 54.9 Å². The van der Waals surface area contributed by atoms with Gasteiger partial charge in [0.2, 0.25) is 5.88 Å². The molecular formula is C17H13N3O3. The van der Waals surface area contributed by atoms with Crippen molar-refractivity contribution in [3.05, 3.63) is 65.0 Å². The lowest BCUT2D eigenvalue weighted by molar-refractivity contribution is -0.383. The number of hydrogen-bond acceptors (Lipinski definition) is 3. The van der Waals surface area contributed by atoms with Crippen LogP contribution >= 0.6 is 0 Å². The molecule has 4 rings (SSSR count). The zero-order chi connectivity index (χ0) is 16.1. The predicted octanol–water partition coefficient (Wildman–Crippen LogP) is 3.74. The first kappa shape index (κ1) is 13.4. The molecule has 0 saturated heterocycles. The number of aromatic nitrogens is 2. The first-order chi connectivity index (χ1) is 11.1. The second-order valence-corrected chi connectivity index (χ2v) is 5.49. The fourth-order valence-electron chi connectivity index (χ4n) is 3.00. The standard InChI is InChI=1S/C17H13N3O3/c1-18-8-7-11-9-13(5-6-14(11)18)19-10-12-3-2-4-15(20(22)23)16(12)17(19)21/h2-10,21H,1H3. The van der Waals surface area contributed by atoms with Gasteiger partial charge in [0.15, 0.2) is 0 Å². The summed E-state index contributed by atoms with van der Waals surface area (Å²) in [6.07, 6.45) is 3.67. The van der Waals surface area contributed by atoms with Crippen molar-refractivity contribution in [1.82, 2.24) is 9.13 Å². The summed E-state index contributed by atoms with van der Waals surface area (Å²) in [5, 5.41) is 23.6. The van der Waals surface area contributed by atoms with E-state index in [1.54, 1.807) is 22.9 Å². The first-order valence-electron chi connectivity index (χ1n) is 7.09. The molecule has 0 aliphatic carbocycles. The lowest BCUT2D eigenvalue weighted by Crippen LogP contribution is -1.92. The third-order valence-corrected chi connectivity index (χ3v) is 4.14. The molecule has 1 N–H and O–H groups in total. The number of aryl methyl sites for hydroxylation is 1. The molecule has 0 amide bonds. The van der Waals surface area contributed by atoms with E-state index in [1.165, 1.54) is 6.07 Å². The van der Waals surface area contributed by atoms with E-state index < -0.39 is 4.92 Å². The average Bonchev–Trinajstić information content (AvgIpc) is 3.08. The van der Waals surface area contributed by atoms with Crippen LogP contribution in [0.3, 0.4) is 0 Å². The molecule has 23 heavy (non-hydrogen) atoms. The number of hydrogen-bond donors (Lipinski definition) is 1. The largest absolute Gasteiger partial charge is 0.494 e. The number of fused-ring (bicyclic) bond motifs is 2. The number of non-ortho nitro benzene ring substituents is 1. The highest BCUT2D eigenvalue weighted by atomic mass is 16.6. The molecule has 6 nitrogen and oxygen atoms in total. The van der Waals surface area contributed by atoms with Crippen LogP contribution in [0.25, 0.3) is 27.4 Å². The smallest absolute Gasteiger partial charge is 0.282 e. The number of nitro groups is 1. The van der Waals surface area contributed by atoms with Crippen molar-refractivity contribution in [2.24, 2.45) is 7.05 Å². The van der Waals surface area contributed by atoms with Crippen LogP contribution in [0.4, 0.5) is 5.69 Å². The van der Waals surface area contributed by atoms with Crippen LogP contribution in [0, 0.1) is 10.1 Å². The molecule has 2 heterocycles. The molecule has 0 unspecified atom stereocenters. The molecule has 4 aromatic rings. The highest BCUT2D eigenvalue weighted by Gasteiger charge is 2.20. The Labute approximate surface area is 131 Å². The quantitative estimate of drug-likeness (QED) is 0.453. The number of nitrogens with zero attached hydrogens (tertiary/aromatic N) is 3. The zero-order valence-corrected chi connectivity index (χ0v) is 12.3. The highest BCUT2D eigenvalue weighted by molar-refractivity contribution is 5.96. The predicted molar refractivity (Wildman–Crippen MR) is 88.1 cm³/mol. The lowest BCUT2D eigenvalue weighted by Gasteiger charge is -2.06. The van der Waals surface area contributed by atoms with E-state index in [0.717, 1.165) is 16.6 Å². The van der Waals surface area contributed by atoms with Gasteiger partial charge >= 0.3 is 0 Å². The Morgan fingerprint density at radius 2 is 1.96 bits per heavy atom. The number of aromatic hydroxyl groups is 1. The fourth-order valence-corrected chi connectivity index (χ4v) is 3.00. The Bertz CT molecular complexity index is 1080. The molecule has 114 valence electrons. The Balaban J connectivity index is 1.99. The van der Waals surface area contributed by atoms with E-state index in [4.69, 9.17) is 0 Å². The van der Waals surface area contributed by atoms with Crippen molar-refractivity contribution in [2.45, 2.75) is 0 Å². The van der Waals surface area contributed by atoms with Gasteiger partial charge in [-0.1, -0.05) is 12.1 Å². The first-order valence-corrected chi connectivity index (χ1v) is 7.09. The van der Waals surface area contributed by atoms with Gasteiger partial charge in [-0.2, -0.15) is 0 Å². The highest BCUT2D eigenvalue weighted by Crippen LogP contribution is 2.37. The van der Waals surface area contributed by atoms with Crippen molar-refractivity contribution in [3.8, 4) is 11.6 Å². The van der Waals surface area contributed by atoms with Crippen molar-refractivity contribution in [1.29, 1.82) is 0 Å². The van der Waals surface area contributed by atoms with Gasteiger partial charge in [0.1, 0.15) is 5.39 Å². The average molecular weight is 307 g/mol. The third kappa shape index (κ3) is 1.88. The summed E-state index contributed by atoms with van der Waals surface area (Å²) in [5.74, 6) is -0.123. The van der Waals surface area contributed by atoms with Crippen molar-refractivity contribution in [2.75, 3.05) is 0 Å². The Morgan fingerprint density at radius 3 is 2.74 bits per heavy atom. The Hall–Kier alpha value is -3.28. The maximum atomic E-state index is 11.2. The van der Waals surface area contributed by atoms with E-state index in [0.29, 0.717) is 5.39 Å². The molecule has 6 heteroatoms. The van der Waals surface area contributed by atoms with E-state index in [-0.39, 0.29) is 17.0 Å². The zero-order valence-electron chi connectivity index (χ0n) is 12.3. The second-order valence-electron chi connectivity index (χ2n) is 5.49. The maximum absolute atomic E-state index is 11.2. The lowest BCUT2D eigenvalue weighted by atomic mass is 10.2. The van der Waals surface area contributed by atoms with E-state index in [9.17, 15) is 15.2 Å². The molecule has 0 bridgehead atoms. The van der Waals surface area contributed by atoms with Crippen LogP contribution < -0.4 is 0 Å². The van der Waals surface area contributed by atoms with Gasteiger partial charge in [0, 0.05) is 47.5 Å². The summed E-state index contributed by atoms with van der Waals surface area (Å²) >= 11 is 0. The minimum Gasteiger partial charge on any atom is -0.494 e. The van der Waals surface area contributed by atoms with E-state index in [2.05, 4.69) is 0 Å². The molecule has 0 spiro atoms. The van der Waals surface area contributed by atoms with Crippen LogP contribution in [-0.4, -0.2) is 19.2 Å². The van der Waals surface area contributed by atoms with Gasteiger partial charge in [-0.25, -0.2) is 0 Å². The van der Waals surface area contributed by atoms with Gasteiger partial charge in [0.05, 0.1) is 4.92 Å². The van der Waals surface area contributed by atoms with Crippen LogP contribution in [-0.2, 0) is 7.05 Å². The summed E-state index contributed by atoms with van der Waals surface area (Å²) in [6.45, 7) is 0. The van der Waals surface area contributed by atoms with Crippen molar-refractivity contribution in [3.63, 3.8) is 0 Å². The minimum atomic E-state index is -0.479. The molecule has 0 radical (unpaired) electrons. The summed E-state index contributed by atoms with van der Waals surface area (Å²) in [7, 11) is 1.97. The molecular weight excluding hydrogens is 294 g/mol. The summed E-state index contributed by atoms with van der Waals surface area (Å²) in [4.78, 5) is 10.7. The van der Waals surface area contributed by atoms with Gasteiger partial charge in [-0.15, -0.1) is 0 Å². The van der Waals surface area contributed by atoms with E-state index in [1.807, 2.05) is 42.1 Å².